The largest absolute Gasteiger partial charge is 0.394 e. The molecule has 0 spiro atoms. The van der Waals surface area contributed by atoms with Gasteiger partial charge in [-0.15, -0.1) is 0 Å². The Kier molecular flexibility index (Phi) is 3.54. The minimum absolute atomic E-state index is 0.135. The van der Waals surface area contributed by atoms with Gasteiger partial charge >= 0.3 is 0 Å². The first-order valence-electron chi connectivity index (χ1n) is 8.49. The predicted molar refractivity (Wildman–Crippen MR) is 91.9 cm³/mol. The topological polar surface area (TPSA) is 105 Å². The van der Waals surface area contributed by atoms with E-state index in [2.05, 4.69) is 25.7 Å². The van der Waals surface area contributed by atoms with E-state index in [1.165, 1.54) is 0 Å². The Morgan fingerprint density at radius 3 is 2.84 bits per heavy atom. The summed E-state index contributed by atoms with van der Waals surface area (Å²) in [4.78, 5) is 21.4. The van der Waals surface area contributed by atoms with Gasteiger partial charge in [0.05, 0.1) is 30.2 Å². The molecule has 0 radical (unpaired) electrons. The van der Waals surface area contributed by atoms with E-state index in [1.807, 2.05) is 0 Å². The second-order valence-corrected chi connectivity index (χ2v) is 7.44. The molecule has 4 rings (SSSR count). The second kappa shape index (κ2) is 5.52. The zero-order valence-corrected chi connectivity index (χ0v) is 14.6. The first-order chi connectivity index (χ1) is 11.9. The molecule has 2 heterocycles. The van der Waals surface area contributed by atoms with Gasteiger partial charge in [-0.2, -0.15) is 5.10 Å². The highest BCUT2D eigenvalue weighted by molar-refractivity contribution is 5.95. The summed E-state index contributed by atoms with van der Waals surface area (Å²) in [7, 11) is 1.79. The van der Waals surface area contributed by atoms with Crippen LogP contribution in [0.5, 0.6) is 0 Å². The number of rotatable bonds is 5. The minimum atomic E-state index is -0.691. The molecule has 2 aliphatic rings. The van der Waals surface area contributed by atoms with Crippen LogP contribution < -0.4 is 10.6 Å². The second-order valence-electron chi connectivity index (χ2n) is 7.44. The number of aromatic nitrogens is 4. The fourth-order valence-corrected chi connectivity index (χ4v) is 3.44. The lowest BCUT2D eigenvalue weighted by atomic mass is 10.1. The number of anilines is 1. The van der Waals surface area contributed by atoms with Crippen LogP contribution in [0.25, 0.3) is 5.82 Å². The van der Waals surface area contributed by atoms with Gasteiger partial charge < -0.3 is 15.7 Å². The third-order valence-electron chi connectivity index (χ3n) is 4.94. The van der Waals surface area contributed by atoms with E-state index in [0.29, 0.717) is 29.2 Å². The molecule has 1 saturated carbocycles. The maximum absolute atomic E-state index is 12.7. The molecule has 132 valence electrons. The van der Waals surface area contributed by atoms with Crippen molar-refractivity contribution in [3.8, 4) is 5.82 Å². The van der Waals surface area contributed by atoms with E-state index >= 15 is 0 Å². The third kappa shape index (κ3) is 2.66. The monoisotopic (exact) mass is 342 g/mol. The molecule has 0 saturated heterocycles. The number of hydrogen-bond donors (Lipinski definition) is 3. The quantitative estimate of drug-likeness (QED) is 0.744. The standard InChI is InChI=1S/C17H22N6O2/c1-17(2,8-24)21-16(25)14-11-5-9-4-10(9)15(11)23(22-14)13-7-19-12(18-3)6-20-13/h6-7,9-10,24H,4-5,8H2,1-3H3,(H,18,19)(H,21,25)/t9-,10-/m1/s1. The van der Waals surface area contributed by atoms with Crippen LogP contribution in [0.2, 0.25) is 0 Å². The number of aliphatic hydroxyl groups is 1. The van der Waals surface area contributed by atoms with Crippen molar-refractivity contribution in [1.29, 1.82) is 0 Å². The van der Waals surface area contributed by atoms with Crippen LogP contribution in [0, 0.1) is 5.92 Å². The molecular weight excluding hydrogens is 320 g/mol. The molecule has 2 aliphatic carbocycles. The molecule has 8 heteroatoms. The summed E-state index contributed by atoms with van der Waals surface area (Å²) in [6.07, 6.45) is 5.33. The zero-order chi connectivity index (χ0) is 17.8. The number of hydrogen-bond acceptors (Lipinski definition) is 6. The molecule has 2 atom stereocenters. The highest BCUT2D eigenvalue weighted by Crippen LogP contribution is 2.57. The Morgan fingerprint density at radius 2 is 2.20 bits per heavy atom. The van der Waals surface area contributed by atoms with Gasteiger partial charge in [0.25, 0.3) is 5.91 Å². The van der Waals surface area contributed by atoms with Crippen LogP contribution in [0.4, 0.5) is 5.82 Å². The van der Waals surface area contributed by atoms with Gasteiger partial charge in [0.15, 0.2) is 11.5 Å². The smallest absolute Gasteiger partial charge is 0.272 e. The van der Waals surface area contributed by atoms with Crippen LogP contribution in [-0.4, -0.2) is 50.0 Å². The lowest BCUT2D eigenvalue weighted by molar-refractivity contribution is 0.0863. The van der Waals surface area contributed by atoms with Crippen molar-refractivity contribution in [3.05, 3.63) is 29.3 Å². The Labute approximate surface area is 145 Å². The summed E-state index contributed by atoms with van der Waals surface area (Å²) >= 11 is 0. The molecule has 25 heavy (non-hydrogen) atoms. The molecule has 0 aliphatic heterocycles. The number of nitrogens with one attached hydrogen (secondary N) is 2. The van der Waals surface area contributed by atoms with Gasteiger partial charge in [-0.3, -0.25) is 4.79 Å². The molecular formula is C17H22N6O2. The number of aliphatic hydroxyl groups excluding tert-OH is 1. The molecule has 1 fully saturated rings. The summed E-state index contributed by atoms with van der Waals surface area (Å²) in [5, 5.41) is 19.7. The van der Waals surface area contributed by atoms with Crippen LogP contribution in [0.1, 0.15) is 47.9 Å². The predicted octanol–water partition coefficient (Wildman–Crippen LogP) is 0.864. The molecule has 0 bridgehead atoms. The maximum Gasteiger partial charge on any atom is 0.272 e. The van der Waals surface area contributed by atoms with Crippen molar-refractivity contribution in [1.82, 2.24) is 25.1 Å². The van der Waals surface area contributed by atoms with E-state index in [0.717, 1.165) is 24.1 Å². The van der Waals surface area contributed by atoms with Crippen LogP contribution in [0.3, 0.4) is 0 Å². The summed E-state index contributed by atoms with van der Waals surface area (Å²) in [5.74, 6) is 2.11. The van der Waals surface area contributed by atoms with Gasteiger partial charge in [-0.05, 0) is 32.6 Å². The van der Waals surface area contributed by atoms with Crippen molar-refractivity contribution in [2.24, 2.45) is 5.92 Å². The van der Waals surface area contributed by atoms with E-state index in [4.69, 9.17) is 0 Å². The Balaban J connectivity index is 1.73. The lowest BCUT2D eigenvalue weighted by Gasteiger charge is -2.23. The number of fused-ring (bicyclic) bond motifs is 3. The summed E-state index contributed by atoms with van der Waals surface area (Å²) < 4.78 is 1.76. The van der Waals surface area contributed by atoms with Gasteiger partial charge in [0.1, 0.15) is 5.82 Å². The van der Waals surface area contributed by atoms with Crippen molar-refractivity contribution in [2.45, 2.75) is 38.1 Å². The maximum atomic E-state index is 12.7. The third-order valence-corrected chi connectivity index (χ3v) is 4.94. The molecule has 2 aromatic heterocycles. The van der Waals surface area contributed by atoms with Crippen LogP contribution in [0.15, 0.2) is 12.4 Å². The number of nitrogens with zero attached hydrogens (tertiary/aromatic N) is 4. The highest BCUT2D eigenvalue weighted by Gasteiger charge is 2.50. The summed E-state index contributed by atoms with van der Waals surface area (Å²) in [5.41, 5.74) is 1.84. The SMILES string of the molecule is CNc1cnc(-n2nc(C(=O)NC(C)(C)CO)c3c2[C@@H]2C[C@@H]2C3)cn1. The van der Waals surface area contributed by atoms with E-state index in [1.54, 1.807) is 38.0 Å². The van der Waals surface area contributed by atoms with Crippen molar-refractivity contribution in [3.63, 3.8) is 0 Å². The lowest BCUT2D eigenvalue weighted by Crippen LogP contribution is -2.46. The van der Waals surface area contributed by atoms with Crippen molar-refractivity contribution >= 4 is 11.7 Å². The molecule has 1 amide bonds. The number of carbonyl (C=O) groups excluding carboxylic acids is 1. The van der Waals surface area contributed by atoms with Gasteiger partial charge in [0.2, 0.25) is 0 Å². The molecule has 0 aromatic carbocycles. The molecule has 0 unspecified atom stereocenters. The molecule has 2 aromatic rings. The van der Waals surface area contributed by atoms with Gasteiger partial charge in [-0.25, -0.2) is 14.6 Å². The normalized spacial score (nSPS) is 20.8. The summed E-state index contributed by atoms with van der Waals surface area (Å²) in [6.45, 7) is 3.42. The highest BCUT2D eigenvalue weighted by atomic mass is 16.3. The first kappa shape index (κ1) is 16.0. The van der Waals surface area contributed by atoms with Crippen LogP contribution >= 0.6 is 0 Å². The first-order valence-corrected chi connectivity index (χ1v) is 8.49. The fraction of sp³-hybridized carbons (Fsp3) is 0.529. The van der Waals surface area contributed by atoms with Gasteiger partial charge in [0, 0.05) is 18.5 Å². The van der Waals surface area contributed by atoms with Crippen LogP contribution in [-0.2, 0) is 6.42 Å². The minimum Gasteiger partial charge on any atom is -0.394 e. The van der Waals surface area contributed by atoms with Gasteiger partial charge in [-0.1, -0.05) is 0 Å². The Morgan fingerprint density at radius 1 is 1.40 bits per heavy atom. The molecule has 8 nitrogen and oxygen atoms in total. The van der Waals surface area contributed by atoms with E-state index in [9.17, 15) is 9.90 Å². The van der Waals surface area contributed by atoms with E-state index in [-0.39, 0.29) is 12.5 Å². The fourth-order valence-electron chi connectivity index (χ4n) is 3.44. The van der Waals surface area contributed by atoms with Crippen molar-refractivity contribution < 1.29 is 9.90 Å². The number of amides is 1. The van der Waals surface area contributed by atoms with E-state index < -0.39 is 5.54 Å². The average Bonchev–Trinajstić information content (AvgIpc) is 3.10. The van der Waals surface area contributed by atoms with Crippen molar-refractivity contribution in [2.75, 3.05) is 19.0 Å². The Bertz CT molecular complexity index is 826. The Hall–Kier alpha value is -2.48. The number of carbonyl (C=O) groups is 1. The zero-order valence-electron chi connectivity index (χ0n) is 14.6. The average molecular weight is 342 g/mol. The summed E-state index contributed by atoms with van der Waals surface area (Å²) in [6, 6.07) is 0. The molecule has 3 N–H and O–H groups in total.